The molecule has 1 atom stereocenters. The third-order valence-corrected chi connectivity index (χ3v) is 3.39. The molecule has 1 unspecified atom stereocenters. The first-order valence-electron chi connectivity index (χ1n) is 5.79. The van der Waals surface area contributed by atoms with E-state index in [1.807, 2.05) is 4.90 Å². The molecular formula is C11H19N3O2. The third kappa shape index (κ3) is 2.04. The summed E-state index contributed by atoms with van der Waals surface area (Å²) < 4.78 is 0. The van der Waals surface area contributed by atoms with Crippen LogP contribution in [0.3, 0.4) is 0 Å². The van der Waals surface area contributed by atoms with Gasteiger partial charge in [0.1, 0.15) is 0 Å². The highest BCUT2D eigenvalue weighted by Crippen LogP contribution is 2.21. The van der Waals surface area contributed by atoms with Gasteiger partial charge in [0.2, 0.25) is 11.8 Å². The Morgan fingerprint density at radius 1 is 1.50 bits per heavy atom. The lowest BCUT2D eigenvalue weighted by molar-refractivity contribution is -0.142. The molecule has 90 valence electrons. The molecule has 5 heteroatoms. The first kappa shape index (κ1) is 11.4. The predicted octanol–water partition coefficient (Wildman–Crippen LogP) is -0.667. The van der Waals surface area contributed by atoms with Gasteiger partial charge in [0.25, 0.3) is 0 Å². The number of amides is 2. The first-order chi connectivity index (χ1) is 7.50. The van der Waals surface area contributed by atoms with E-state index in [9.17, 15) is 9.59 Å². The van der Waals surface area contributed by atoms with Crippen molar-refractivity contribution < 1.29 is 9.59 Å². The Morgan fingerprint density at radius 2 is 2.25 bits per heavy atom. The van der Waals surface area contributed by atoms with Crippen molar-refractivity contribution in [3.05, 3.63) is 0 Å². The highest BCUT2D eigenvalue weighted by atomic mass is 16.2. The second-order valence-electron chi connectivity index (χ2n) is 5.18. The van der Waals surface area contributed by atoms with Gasteiger partial charge in [-0.25, -0.2) is 0 Å². The molecule has 0 radical (unpaired) electrons. The van der Waals surface area contributed by atoms with E-state index in [-0.39, 0.29) is 23.3 Å². The molecule has 0 aromatic heterocycles. The number of carbonyl (C=O) groups is 2. The van der Waals surface area contributed by atoms with Gasteiger partial charge in [0.15, 0.2) is 0 Å². The van der Waals surface area contributed by atoms with Crippen LogP contribution in [-0.4, -0.2) is 48.4 Å². The molecule has 0 spiro atoms. The van der Waals surface area contributed by atoms with Gasteiger partial charge in [-0.2, -0.15) is 0 Å². The summed E-state index contributed by atoms with van der Waals surface area (Å²) in [5.74, 6) is -0.0546. The number of hydrogen-bond acceptors (Lipinski definition) is 3. The second-order valence-corrected chi connectivity index (χ2v) is 5.18. The molecular weight excluding hydrogens is 206 g/mol. The lowest BCUT2D eigenvalue weighted by Gasteiger charge is -2.43. The van der Waals surface area contributed by atoms with Crippen molar-refractivity contribution in [2.75, 3.05) is 26.2 Å². The molecule has 0 aliphatic carbocycles. The monoisotopic (exact) mass is 225 g/mol. The molecule has 2 amide bonds. The molecule has 0 bridgehead atoms. The summed E-state index contributed by atoms with van der Waals surface area (Å²) in [5.41, 5.74) is -0.152. The van der Waals surface area contributed by atoms with Crippen LogP contribution in [0.4, 0.5) is 0 Å². The zero-order valence-electron chi connectivity index (χ0n) is 9.88. The summed E-state index contributed by atoms with van der Waals surface area (Å²) in [6.45, 7) is 6.99. The van der Waals surface area contributed by atoms with Crippen molar-refractivity contribution in [2.45, 2.75) is 25.8 Å². The number of carbonyl (C=O) groups excluding carboxylic acids is 2. The number of piperazine rings is 1. The molecule has 2 N–H and O–H groups in total. The van der Waals surface area contributed by atoms with Crippen LogP contribution in [0, 0.1) is 5.92 Å². The standard InChI is InChI=1S/C11H19N3O2/c1-11(2)7-12-3-4-14(11)10(16)8-5-9(15)13-6-8/h8,12H,3-7H2,1-2H3,(H,13,15). The van der Waals surface area contributed by atoms with Crippen LogP contribution in [0.15, 0.2) is 0 Å². The van der Waals surface area contributed by atoms with Crippen molar-refractivity contribution in [1.29, 1.82) is 0 Å². The second kappa shape index (κ2) is 4.05. The van der Waals surface area contributed by atoms with Gasteiger partial charge in [0, 0.05) is 38.1 Å². The Bertz CT molecular complexity index is 314. The molecule has 0 aromatic rings. The fourth-order valence-corrected chi connectivity index (χ4v) is 2.39. The van der Waals surface area contributed by atoms with Crippen LogP contribution >= 0.6 is 0 Å². The highest BCUT2D eigenvalue weighted by molar-refractivity contribution is 5.89. The van der Waals surface area contributed by atoms with E-state index in [4.69, 9.17) is 0 Å². The molecule has 16 heavy (non-hydrogen) atoms. The Hall–Kier alpha value is -1.10. The van der Waals surface area contributed by atoms with E-state index in [1.165, 1.54) is 0 Å². The summed E-state index contributed by atoms with van der Waals surface area (Å²) in [5, 5.41) is 6.00. The number of rotatable bonds is 1. The van der Waals surface area contributed by atoms with Gasteiger partial charge in [0.05, 0.1) is 5.92 Å². The predicted molar refractivity (Wildman–Crippen MR) is 59.8 cm³/mol. The zero-order valence-corrected chi connectivity index (χ0v) is 9.88. The van der Waals surface area contributed by atoms with Gasteiger partial charge < -0.3 is 15.5 Å². The summed E-state index contributed by atoms with van der Waals surface area (Å²) in [7, 11) is 0. The Labute approximate surface area is 95.6 Å². The fraction of sp³-hybridized carbons (Fsp3) is 0.818. The van der Waals surface area contributed by atoms with Crippen LogP contribution in [-0.2, 0) is 9.59 Å². The number of nitrogens with zero attached hydrogens (tertiary/aromatic N) is 1. The quantitative estimate of drug-likeness (QED) is 0.622. The van der Waals surface area contributed by atoms with Crippen LogP contribution in [0.1, 0.15) is 20.3 Å². The van der Waals surface area contributed by atoms with E-state index in [0.717, 1.165) is 19.6 Å². The first-order valence-corrected chi connectivity index (χ1v) is 5.79. The van der Waals surface area contributed by atoms with E-state index >= 15 is 0 Å². The third-order valence-electron chi connectivity index (χ3n) is 3.39. The van der Waals surface area contributed by atoms with Crippen LogP contribution < -0.4 is 10.6 Å². The minimum atomic E-state index is -0.162. The van der Waals surface area contributed by atoms with Crippen LogP contribution in [0.25, 0.3) is 0 Å². The molecule has 5 nitrogen and oxygen atoms in total. The SMILES string of the molecule is CC1(C)CNCCN1C(=O)C1CNC(=O)C1. The number of nitrogens with one attached hydrogen (secondary N) is 2. The van der Waals surface area contributed by atoms with Crippen molar-refractivity contribution in [3.63, 3.8) is 0 Å². The van der Waals surface area contributed by atoms with Gasteiger partial charge in [-0.05, 0) is 13.8 Å². The van der Waals surface area contributed by atoms with E-state index in [2.05, 4.69) is 24.5 Å². The van der Waals surface area contributed by atoms with Crippen LogP contribution in [0.2, 0.25) is 0 Å². The largest absolute Gasteiger partial charge is 0.355 e. The smallest absolute Gasteiger partial charge is 0.228 e. The average Bonchev–Trinajstić information content (AvgIpc) is 2.63. The summed E-state index contributed by atoms with van der Waals surface area (Å²) in [6, 6.07) is 0. The maximum Gasteiger partial charge on any atom is 0.228 e. The molecule has 2 fully saturated rings. The van der Waals surface area contributed by atoms with Gasteiger partial charge in [-0.3, -0.25) is 9.59 Å². The maximum absolute atomic E-state index is 12.3. The summed E-state index contributed by atoms with van der Waals surface area (Å²) in [6.07, 6.45) is 0.346. The van der Waals surface area contributed by atoms with Gasteiger partial charge in [-0.15, -0.1) is 0 Å². The minimum absolute atomic E-state index is 0.00806. The topological polar surface area (TPSA) is 61.4 Å². The molecule has 0 aromatic carbocycles. The van der Waals surface area contributed by atoms with E-state index in [0.29, 0.717) is 13.0 Å². The Morgan fingerprint density at radius 3 is 2.81 bits per heavy atom. The molecule has 2 rings (SSSR count). The number of hydrogen-bond donors (Lipinski definition) is 2. The lowest BCUT2D eigenvalue weighted by Crippen LogP contribution is -2.61. The Kier molecular flexibility index (Phi) is 2.88. The van der Waals surface area contributed by atoms with Crippen molar-refractivity contribution >= 4 is 11.8 Å². The molecule has 2 aliphatic heterocycles. The summed E-state index contributed by atoms with van der Waals surface area (Å²) in [4.78, 5) is 25.3. The fourth-order valence-electron chi connectivity index (χ4n) is 2.39. The summed E-state index contributed by atoms with van der Waals surface area (Å²) >= 11 is 0. The molecule has 2 aliphatic rings. The van der Waals surface area contributed by atoms with E-state index in [1.54, 1.807) is 0 Å². The molecule has 2 heterocycles. The Balaban J connectivity index is 2.05. The highest BCUT2D eigenvalue weighted by Gasteiger charge is 2.38. The minimum Gasteiger partial charge on any atom is -0.355 e. The normalized spacial score (nSPS) is 29.0. The lowest BCUT2D eigenvalue weighted by atomic mass is 9.96. The average molecular weight is 225 g/mol. The van der Waals surface area contributed by atoms with E-state index < -0.39 is 0 Å². The van der Waals surface area contributed by atoms with Gasteiger partial charge >= 0.3 is 0 Å². The van der Waals surface area contributed by atoms with Gasteiger partial charge in [-0.1, -0.05) is 0 Å². The zero-order chi connectivity index (χ0) is 11.8. The van der Waals surface area contributed by atoms with Crippen molar-refractivity contribution in [3.8, 4) is 0 Å². The van der Waals surface area contributed by atoms with Crippen molar-refractivity contribution in [1.82, 2.24) is 15.5 Å². The van der Waals surface area contributed by atoms with Crippen LogP contribution in [0.5, 0.6) is 0 Å². The van der Waals surface area contributed by atoms with Crippen molar-refractivity contribution in [2.24, 2.45) is 5.92 Å². The molecule has 0 saturated carbocycles. The maximum atomic E-state index is 12.3. The molecule has 2 saturated heterocycles.